The van der Waals surface area contributed by atoms with Crippen molar-refractivity contribution in [1.82, 2.24) is 0 Å². The summed E-state index contributed by atoms with van der Waals surface area (Å²) < 4.78 is 17.1. The second-order valence-corrected chi connectivity index (χ2v) is 2.68. The van der Waals surface area contributed by atoms with Crippen LogP contribution in [0.25, 0.3) is 0 Å². The van der Waals surface area contributed by atoms with Crippen LogP contribution in [0.5, 0.6) is 0 Å². The largest absolute Gasteiger partial charge is 2.00 e. The first-order valence-electron chi connectivity index (χ1n) is 1.46. The van der Waals surface area contributed by atoms with Gasteiger partial charge in [-0.05, 0) is 0 Å². The molecule has 16 heteroatoms. The predicted molar refractivity (Wildman–Crippen MR) is 56.4 cm³/mol. The van der Waals surface area contributed by atoms with Crippen molar-refractivity contribution < 1.29 is 47.1 Å². The molecule has 0 N–H and O–H groups in total. The summed E-state index contributed by atoms with van der Waals surface area (Å²) >= 11 is 0. The van der Waals surface area contributed by atoms with Gasteiger partial charge in [0.25, 0.3) is 0 Å². The van der Waals surface area contributed by atoms with E-state index in [-0.39, 0.29) is 214 Å². The zero-order valence-corrected chi connectivity index (χ0v) is 24.9. The van der Waals surface area contributed by atoms with Crippen LogP contribution in [0.2, 0.25) is 0 Å². The van der Waals surface area contributed by atoms with Crippen LogP contribution in [-0.2, 0) is 9.13 Å². The van der Waals surface area contributed by atoms with E-state index in [1.807, 2.05) is 0 Å². The van der Waals surface area contributed by atoms with E-state index in [1.165, 1.54) is 0 Å². The Balaban J connectivity index is -0.00000000314. The molecule has 0 unspecified atom stereocenters. The topological polar surface area (TPSA) is 172 Å². The monoisotopic (exact) mass is 532 g/mol. The summed E-state index contributed by atoms with van der Waals surface area (Å²) in [5, 5.41) is 0. The number of hydrogen-bond acceptors (Lipinski definition) is 8. The molecule has 0 heterocycles. The van der Waals surface area contributed by atoms with E-state index in [0.717, 1.165) is 0 Å². The summed E-state index contributed by atoms with van der Waals surface area (Å²) in [7, 11) is -10.8. The minimum absolute atomic E-state index is 0. The Morgan fingerprint density at radius 1 is 0.562 bits per heavy atom. The van der Waals surface area contributed by atoms with Gasteiger partial charge in [-0.15, -0.1) is 0 Å². The van der Waals surface area contributed by atoms with Crippen molar-refractivity contribution in [2.24, 2.45) is 0 Å². The summed E-state index contributed by atoms with van der Waals surface area (Å²) in [6.45, 7) is 0. The Kier molecular flexibility index (Phi) is 83.0. The molecule has 0 amide bonds. The minimum Gasteiger partial charge on any atom is -1.00 e. The van der Waals surface area contributed by atoms with E-state index in [0.29, 0.717) is 0 Å². The molecule has 0 atom stereocenters. The number of hydrogen-bond donors (Lipinski definition) is 0. The first kappa shape index (κ1) is 49.5. The third kappa shape index (κ3) is 172. The van der Waals surface area contributed by atoms with Gasteiger partial charge in [0.05, 0.1) is 0 Å². The zero-order valence-electron chi connectivity index (χ0n) is 14.4. The van der Waals surface area contributed by atoms with Crippen LogP contribution in [-0.4, -0.2) is 206 Å². The van der Waals surface area contributed by atoms with Crippen LogP contribution >= 0.6 is 15.6 Å². The van der Waals surface area contributed by atoms with Crippen molar-refractivity contribution in [3.8, 4) is 0 Å². The summed E-state index contributed by atoms with van der Waals surface area (Å²) in [6, 6.07) is 0. The maximum atomic E-state index is 8.55. The maximum absolute atomic E-state index is 8.55. The molecule has 76 valence electrons. The molecule has 8 nitrogen and oxygen atoms in total. The van der Waals surface area contributed by atoms with Crippen molar-refractivity contribution in [3.05, 3.63) is 0 Å². The van der Waals surface area contributed by atoms with Crippen molar-refractivity contribution in [2.45, 2.75) is 0 Å². The fraction of sp³-hybridized carbons (Fsp3) is 0. The fourth-order valence-electron chi connectivity index (χ4n) is 0. The molecule has 0 aromatic carbocycles. The van der Waals surface area contributed by atoms with Gasteiger partial charge in [-0.25, -0.2) is 0 Å². The Morgan fingerprint density at radius 3 is 0.562 bits per heavy atom. The molecule has 0 saturated heterocycles. The standard InChI is InChI=1S/3Mg.2H3O4P.3Sr.6H/c;;;2*1-5(2,3)4;;;;;;;;;/h;;;2*(H3,1,2,3,4);;;;;;;;;/q3*+2;;;3*+2;6*-1/p-6. The van der Waals surface area contributed by atoms with Gasteiger partial charge in [0.1, 0.15) is 0 Å². The van der Waals surface area contributed by atoms with Gasteiger partial charge < -0.3 is 47.1 Å². The molecule has 0 aliphatic rings. The molecule has 16 heavy (non-hydrogen) atoms. The Bertz CT molecular complexity index is 159. The van der Waals surface area contributed by atoms with E-state index in [1.54, 1.807) is 0 Å². The van der Waals surface area contributed by atoms with E-state index < -0.39 is 15.6 Å². The summed E-state index contributed by atoms with van der Waals surface area (Å²) in [5.74, 6) is 0. The first-order valence-corrected chi connectivity index (χ1v) is 4.38. The normalized spacial score (nSPS) is 7.38. The van der Waals surface area contributed by atoms with Crippen LogP contribution in [0.4, 0.5) is 0 Å². The molecule has 0 aromatic heterocycles. The van der Waals surface area contributed by atoms with E-state index in [9.17, 15) is 0 Å². The predicted octanol–water partition coefficient (Wildman–Crippen LogP) is -7.26. The van der Waals surface area contributed by atoms with E-state index in [2.05, 4.69) is 0 Å². The van der Waals surface area contributed by atoms with Gasteiger partial charge in [-0.3, -0.25) is 0 Å². The quantitative estimate of drug-likeness (QED) is 0.219. The molecule has 0 spiro atoms. The zero-order chi connectivity index (χ0) is 9.00. The Hall–Kier alpha value is 6.96. The minimum atomic E-state index is -5.39. The van der Waals surface area contributed by atoms with Crippen LogP contribution in [0.1, 0.15) is 8.56 Å². The molecule has 0 bridgehead atoms. The average molecular weight is 532 g/mol. The number of phosphoric acid groups is 2. The molecule has 0 aliphatic heterocycles. The Labute approximate surface area is 261 Å². The van der Waals surface area contributed by atoms with Crippen LogP contribution in [0, 0.1) is 0 Å². The molecule has 0 aromatic rings. The van der Waals surface area contributed by atoms with Crippen molar-refractivity contribution in [2.75, 3.05) is 0 Å². The molecule has 0 radical (unpaired) electrons. The van der Waals surface area contributed by atoms with Crippen molar-refractivity contribution in [3.63, 3.8) is 0 Å². The Morgan fingerprint density at radius 2 is 0.562 bits per heavy atom. The molecule has 0 aliphatic carbocycles. The molecule has 0 fully saturated rings. The third-order valence-electron chi connectivity index (χ3n) is 0. The van der Waals surface area contributed by atoms with E-state index >= 15 is 0 Å². The van der Waals surface area contributed by atoms with Gasteiger partial charge in [0.2, 0.25) is 0 Å². The summed E-state index contributed by atoms with van der Waals surface area (Å²) in [4.78, 5) is 51.3. The van der Waals surface area contributed by atoms with Crippen LogP contribution < -0.4 is 29.4 Å². The molecule has 0 rings (SSSR count). The molecule has 0 saturated carbocycles. The van der Waals surface area contributed by atoms with E-state index in [4.69, 9.17) is 38.5 Å². The van der Waals surface area contributed by atoms with Gasteiger partial charge >= 0.3 is 206 Å². The number of rotatable bonds is 0. The summed E-state index contributed by atoms with van der Waals surface area (Å²) in [5.41, 5.74) is 0. The average Bonchev–Trinajstić information content (AvgIpc) is 1.12. The van der Waals surface area contributed by atoms with Gasteiger partial charge in [-0.1, -0.05) is 0 Å². The smallest absolute Gasteiger partial charge is 1.00 e. The molecular formula is H6Mg3O8P2Sr3. The summed E-state index contributed by atoms with van der Waals surface area (Å²) in [6.07, 6.45) is 0. The van der Waals surface area contributed by atoms with Gasteiger partial charge in [0, 0.05) is 0 Å². The van der Waals surface area contributed by atoms with Crippen molar-refractivity contribution in [1.29, 1.82) is 0 Å². The first-order chi connectivity index (χ1) is 4.00. The van der Waals surface area contributed by atoms with Gasteiger partial charge in [-0.2, -0.15) is 15.6 Å². The molecular weight excluding hydrogens is 526 g/mol. The van der Waals surface area contributed by atoms with Crippen molar-refractivity contribution >= 4 is 221 Å². The van der Waals surface area contributed by atoms with Gasteiger partial charge in [0.15, 0.2) is 0 Å². The SMILES string of the molecule is O=P([O-])([O-])[O-].O=P([O-])([O-])[O-].[H-].[H-].[H-].[H-].[H-].[H-].[Mg+2].[Mg+2].[Mg+2].[Sr+2].[Sr+2].[Sr+2]. The van der Waals surface area contributed by atoms with Crippen LogP contribution in [0.15, 0.2) is 0 Å². The maximum Gasteiger partial charge on any atom is 2.00 e. The second kappa shape index (κ2) is 26.8. The fourth-order valence-corrected chi connectivity index (χ4v) is 0. The van der Waals surface area contributed by atoms with Crippen LogP contribution in [0.3, 0.4) is 0 Å². The third-order valence-corrected chi connectivity index (χ3v) is 0. The second-order valence-electron chi connectivity index (χ2n) is 0.894.